The fourth-order valence-electron chi connectivity index (χ4n) is 7.54. The second-order valence-electron chi connectivity index (χ2n) is 18.5. The zero-order chi connectivity index (χ0) is 53.3. The normalized spacial score (nSPS) is 19.2. The van der Waals surface area contributed by atoms with Crippen LogP contribution in [0.15, 0.2) is 109 Å². The van der Waals surface area contributed by atoms with Crippen LogP contribution in [-0.2, 0) is 42.9 Å². The third-order valence-electron chi connectivity index (χ3n) is 11.8. The summed E-state index contributed by atoms with van der Waals surface area (Å²) in [6.07, 6.45) is 52.1. The van der Waals surface area contributed by atoms with Gasteiger partial charge in [0.05, 0.1) is 6.61 Å². The number of carboxylic acids is 1. The molecule has 0 saturated carbocycles. The largest absolute Gasteiger partial charge is 0.479 e. The molecule has 0 aromatic heterocycles. The third-order valence-corrected chi connectivity index (χ3v) is 11.8. The molecule has 0 aromatic carbocycles. The number of carboxylic acid groups (broad SMARTS) is 1. The van der Waals surface area contributed by atoms with E-state index in [9.17, 15) is 34.5 Å². The summed E-state index contributed by atoms with van der Waals surface area (Å²) in [5.74, 6) is -3.25. The van der Waals surface area contributed by atoms with Gasteiger partial charge in [-0.1, -0.05) is 182 Å². The number of carbonyl (C=O) groups excluding carboxylic acids is 3. The number of carbonyl (C=O) groups is 4. The van der Waals surface area contributed by atoms with Gasteiger partial charge in [-0.25, -0.2) is 4.79 Å². The minimum atomic E-state index is -1.92. The molecule has 0 aromatic rings. The monoisotopic (exact) mass is 1020 g/mol. The Labute approximate surface area is 440 Å². The van der Waals surface area contributed by atoms with E-state index in [1.165, 1.54) is 0 Å². The fraction of sp³-hybridized carbons (Fsp3) is 0.639. The van der Waals surface area contributed by atoms with Gasteiger partial charge in [-0.3, -0.25) is 14.4 Å². The lowest BCUT2D eigenvalue weighted by molar-refractivity contribution is -0.301. The van der Waals surface area contributed by atoms with Crippen molar-refractivity contribution in [1.82, 2.24) is 0 Å². The van der Waals surface area contributed by atoms with Crippen molar-refractivity contribution in [1.29, 1.82) is 0 Å². The molecule has 0 amide bonds. The van der Waals surface area contributed by atoms with Crippen molar-refractivity contribution in [2.24, 2.45) is 0 Å². The van der Waals surface area contributed by atoms with E-state index in [4.69, 9.17) is 23.7 Å². The fourth-order valence-corrected chi connectivity index (χ4v) is 7.54. The van der Waals surface area contributed by atoms with Gasteiger partial charge in [0.25, 0.3) is 0 Å². The number of allylic oxidation sites excluding steroid dienone is 18. The molecular weight excluding hydrogens is 925 g/mol. The lowest BCUT2D eigenvalue weighted by Crippen LogP contribution is -2.61. The molecule has 0 radical (unpaired) electrons. The molecule has 1 fully saturated rings. The van der Waals surface area contributed by atoms with Gasteiger partial charge in [0, 0.05) is 19.3 Å². The van der Waals surface area contributed by atoms with Gasteiger partial charge >= 0.3 is 23.9 Å². The molecule has 6 unspecified atom stereocenters. The number of hydrogen-bond acceptors (Lipinski definition) is 11. The molecule has 1 aliphatic heterocycles. The number of aliphatic hydroxyl groups excluding tert-OH is 2. The van der Waals surface area contributed by atoms with Crippen molar-refractivity contribution in [2.45, 2.75) is 237 Å². The van der Waals surface area contributed by atoms with Crippen LogP contribution in [0, 0.1) is 0 Å². The standard InChI is InChI=1S/C61H96O12/c1-4-7-10-13-16-19-22-25-26-27-28-31-32-35-38-41-44-47-53(62)69-50-52(71-54(63)48-45-42-39-36-33-29-23-20-17-14-11-8-5-2)51-70-61-59(57(66)56(65)58(73-61)60(67)68)72-55(64)49-46-43-40-37-34-30-24-21-18-15-12-9-6-3/h7,10-12,14-16,19-21,23-26,28,31,35,38,52,56-59,61,65-66H,4-6,8-9,13,17-18,22,27,29-30,32-34,36-37,39-51H2,1-3H3,(H,67,68)/b10-7-,14-11-,15-12-,19-16-,23-20-,24-21-,26-25-,31-28-,38-35-. The van der Waals surface area contributed by atoms with Crippen LogP contribution >= 0.6 is 0 Å². The van der Waals surface area contributed by atoms with Crippen molar-refractivity contribution in [2.75, 3.05) is 13.2 Å². The molecule has 1 heterocycles. The molecule has 1 aliphatic rings. The second kappa shape index (κ2) is 48.3. The Morgan fingerprint density at radius 2 is 0.877 bits per heavy atom. The minimum absolute atomic E-state index is 0.0315. The van der Waals surface area contributed by atoms with E-state index in [1.54, 1.807) is 0 Å². The highest BCUT2D eigenvalue weighted by Gasteiger charge is 2.50. The summed E-state index contributed by atoms with van der Waals surface area (Å²) in [6, 6.07) is 0. The average Bonchev–Trinajstić information content (AvgIpc) is 3.37. The van der Waals surface area contributed by atoms with Gasteiger partial charge in [-0.05, 0) is 109 Å². The molecule has 3 N–H and O–H groups in total. The Bertz CT molecular complexity index is 1690. The van der Waals surface area contributed by atoms with E-state index < -0.39 is 67.3 Å². The molecule has 412 valence electrons. The summed E-state index contributed by atoms with van der Waals surface area (Å²) in [4.78, 5) is 51.0. The first-order valence-corrected chi connectivity index (χ1v) is 27.9. The summed E-state index contributed by atoms with van der Waals surface area (Å²) >= 11 is 0. The van der Waals surface area contributed by atoms with Crippen LogP contribution in [0.3, 0.4) is 0 Å². The number of hydrogen-bond donors (Lipinski definition) is 3. The summed E-state index contributed by atoms with van der Waals surface area (Å²) in [6.45, 7) is 5.65. The second-order valence-corrected chi connectivity index (χ2v) is 18.5. The Hall–Kier alpha value is -4.62. The van der Waals surface area contributed by atoms with Crippen molar-refractivity contribution in [3.05, 3.63) is 109 Å². The van der Waals surface area contributed by atoms with Crippen molar-refractivity contribution >= 4 is 23.9 Å². The number of aliphatic carboxylic acids is 1. The average molecular weight is 1020 g/mol. The van der Waals surface area contributed by atoms with Gasteiger partial charge in [0.1, 0.15) is 18.8 Å². The van der Waals surface area contributed by atoms with E-state index >= 15 is 0 Å². The number of aliphatic hydroxyl groups is 2. The highest BCUT2D eigenvalue weighted by Crippen LogP contribution is 2.26. The molecule has 1 rings (SSSR count). The van der Waals surface area contributed by atoms with Gasteiger partial charge in [-0.15, -0.1) is 0 Å². The van der Waals surface area contributed by atoms with E-state index in [-0.39, 0.29) is 25.9 Å². The Morgan fingerprint density at radius 3 is 1.36 bits per heavy atom. The first kappa shape index (κ1) is 66.4. The minimum Gasteiger partial charge on any atom is -0.479 e. The number of unbranched alkanes of at least 4 members (excludes halogenated alkanes) is 13. The maximum atomic E-state index is 13.1. The maximum Gasteiger partial charge on any atom is 0.335 e. The van der Waals surface area contributed by atoms with Crippen LogP contribution in [0.5, 0.6) is 0 Å². The predicted molar refractivity (Wildman–Crippen MR) is 294 cm³/mol. The molecular formula is C61H96O12. The molecule has 12 nitrogen and oxygen atoms in total. The summed E-state index contributed by atoms with van der Waals surface area (Å²) in [7, 11) is 0. The number of ether oxygens (including phenoxy) is 5. The Balaban J connectivity index is 2.77. The number of esters is 3. The van der Waals surface area contributed by atoms with Crippen LogP contribution < -0.4 is 0 Å². The quantitative estimate of drug-likeness (QED) is 0.0228. The summed E-state index contributed by atoms with van der Waals surface area (Å²) in [5.41, 5.74) is 0. The van der Waals surface area contributed by atoms with Crippen molar-refractivity contribution < 1.29 is 58.2 Å². The van der Waals surface area contributed by atoms with Crippen molar-refractivity contribution in [3.8, 4) is 0 Å². The zero-order valence-corrected chi connectivity index (χ0v) is 45.1. The first-order chi connectivity index (χ1) is 35.6. The van der Waals surface area contributed by atoms with E-state index in [1.807, 2.05) is 6.08 Å². The van der Waals surface area contributed by atoms with E-state index in [0.29, 0.717) is 25.7 Å². The summed E-state index contributed by atoms with van der Waals surface area (Å²) < 4.78 is 28.3. The molecule has 6 atom stereocenters. The molecule has 0 aliphatic carbocycles. The van der Waals surface area contributed by atoms with Gasteiger partial charge < -0.3 is 39.0 Å². The molecule has 73 heavy (non-hydrogen) atoms. The highest BCUT2D eigenvalue weighted by atomic mass is 16.7. The molecule has 0 bridgehead atoms. The van der Waals surface area contributed by atoms with Crippen LogP contribution in [-0.4, -0.2) is 89.2 Å². The predicted octanol–water partition coefficient (Wildman–Crippen LogP) is 13.9. The van der Waals surface area contributed by atoms with E-state index in [0.717, 1.165) is 135 Å². The third kappa shape index (κ3) is 38.6. The van der Waals surface area contributed by atoms with E-state index in [2.05, 4.69) is 124 Å². The van der Waals surface area contributed by atoms with Crippen LogP contribution in [0.4, 0.5) is 0 Å². The zero-order valence-electron chi connectivity index (χ0n) is 45.1. The molecule has 12 heteroatoms. The van der Waals surface area contributed by atoms with Gasteiger partial charge in [0.15, 0.2) is 24.6 Å². The van der Waals surface area contributed by atoms with Crippen LogP contribution in [0.1, 0.15) is 201 Å². The lowest BCUT2D eigenvalue weighted by atomic mass is 9.98. The highest BCUT2D eigenvalue weighted by molar-refractivity contribution is 5.74. The molecule has 1 saturated heterocycles. The Kier molecular flexibility index (Phi) is 44.0. The van der Waals surface area contributed by atoms with Gasteiger partial charge in [-0.2, -0.15) is 0 Å². The SMILES string of the molecule is CC/C=C\C/C=C\C/C=C\C/C=C\C/C=C\CCCC(=O)OCC(COC1OC(C(=O)O)C(O)C(O)C1OC(=O)CCCCCCC/C=C\C/C=C\CCC)OC(=O)CCCCCCC/C=C\C/C=C\CCC. The van der Waals surface area contributed by atoms with Crippen molar-refractivity contribution in [3.63, 3.8) is 0 Å². The first-order valence-electron chi connectivity index (χ1n) is 27.9. The smallest absolute Gasteiger partial charge is 0.335 e. The Morgan fingerprint density at radius 1 is 0.466 bits per heavy atom. The van der Waals surface area contributed by atoms with Gasteiger partial charge in [0.2, 0.25) is 0 Å². The van der Waals surface area contributed by atoms with Crippen LogP contribution in [0.2, 0.25) is 0 Å². The summed E-state index contributed by atoms with van der Waals surface area (Å²) in [5, 5.41) is 31.4. The van der Waals surface area contributed by atoms with Crippen LogP contribution in [0.25, 0.3) is 0 Å². The topological polar surface area (TPSA) is 175 Å². The molecule has 0 spiro atoms. The maximum absolute atomic E-state index is 13.1. The lowest BCUT2D eigenvalue weighted by Gasteiger charge is -2.40. The number of rotatable bonds is 45.